The van der Waals surface area contributed by atoms with Crippen molar-refractivity contribution in [2.75, 3.05) is 6.61 Å². The molecule has 1 fully saturated rings. The fourth-order valence-electron chi connectivity index (χ4n) is 2.16. The van der Waals surface area contributed by atoms with Gasteiger partial charge in [-0.05, 0) is 30.5 Å². The molecule has 104 valence electrons. The zero-order valence-corrected chi connectivity index (χ0v) is 10.7. The molecule has 4 nitrogen and oxygen atoms in total. The van der Waals surface area contributed by atoms with Gasteiger partial charge in [0, 0.05) is 6.54 Å². The van der Waals surface area contributed by atoms with Crippen LogP contribution in [0.1, 0.15) is 31.2 Å². The molecule has 19 heavy (non-hydrogen) atoms. The van der Waals surface area contributed by atoms with Crippen molar-refractivity contribution >= 4 is 5.91 Å². The first-order valence-corrected chi connectivity index (χ1v) is 6.51. The van der Waals surface area contributed by atoms with Crippen LogP contribution in [0.2, 0.25) is 0 Å². The summed E-state index contributed by atoms with van der Waals surface area (Å²) < 4.78 is 18.5. The Kier molecular flexibility index (Phi) is 4.74. The Labute approximate surface area is 111 Å². The number of phenols is 1. The van der Waals surface area contributed by atoms with Gasteiger partial charge >= 0.3 is 0 Å². The molecule has 0 bridgehead atoms. The highest BCUT2D eigenvalue weighted by Crippen LogP contribution is 2.20. The number of ether oxygens (including phenoxy) is 1. The highest BCUT2D eigenvalue weighted by atomic mass is 19.1. The first-order chi connectivity index (χ1) is 9.15. The average Bonchev–Trinajstić information content (AvgIpc) is 2.91. The Bertz CT molecular complexity index is 444. The fourth-order valence-corrected chi connectivity index (χ4v) is 2.16. The Morgan fingerprint density at radius 3 is 2.84 bits per heavy atom. The van der Waals surface area contributed by atoms with Crippen LogP contribution in [0.5, 0.6) is 5.75 Å². The molecule has 0 aliphatic heterocycles. The van der Waals surface area contributed by atoms with Gasteiger partial charge in [-0.2, -0.15) is 0 Å². The van der Waals surface area contributed by atoms with Crippen molar-refractivity contribution in [3.8, 4) is 5.75 Å². The minimum absolute atomic E-state index is 0.0469. The number of aromatic hydroxyl groups is 1. The molecule has 5 heteroatoms. The van der Waals surface area contributed by atoms with Crippen LogP contribution in [0.25, 0.3) is 0 Å². The Balaban J connectivity index is 1.71. The van der Waals surface area contributed by atoms with Crippen LogP contribution >= 0.6 is 0 Å². The van der Waals surface area contributed by atoms with E-state index in [-0.39, 0.29) is 30.9 Å². The van der Waals surface area contributed by atoms with Gasteiger partial charge in [0.2, 0.25) is 5.91 Å². The number of hydrogen-bond acceptors (Lipinski definition) is 3. The maximum Gasteiger partial charge on any atom is 0.246 e. The van der Waals surface area contributed by atoms with Gasteiger partial charge in [-0.1, -0.05) is 18.9 Å². The van der Waals surface area contributed by atoms with Crippen molar-refractivity contribution in [1.29, 1.82) is 0 Å². The van der Waals surface area contributed by atoms with E-state index >= 15 is 0 Å². The van der Waals surface area contributed by atoms with Crippen molar-refractivity contribution in [3.63, 3.8) is 0 Å². The smallest absolute Gasteiger partial charge is 0.246 e. The second-order valence-electron chi connectivity index (χ2n) is 4.78. The van der Waals surface area contributed by atoms with Crippen molar-refractivity contribution < 1.29 is 19.0 Å². The maximum absolute atomic E-state index is 13.1. The number of halogens is 1. The first-order valence-electron chi connectivity index (χ1n) is 6.51. The zero-order valence-electron chi connectivity index (χ0n) is 10.7. The third-order valence-electron chi connectivity index (χ3n) is 3.25. The van der Waals surface area contributed by atoms with Crippen LogP contribution in [0, 0.1) is 5.82 Å². The second-order valence-corrected chi connectivity index (χ2v) is 4.78. The predicted molar refractivity (Wildman–Crippen MR) is 68.1 cm³/mol. The summed E-state index contributed by atoms with van der Waals surface area (Å²) in [6.07, 6.45) is 4.59. The zero-order chi connectivity index (χ0) is 13.7. The number of carbonyl (C=O) groups excluding carboxylic acids is 1. The largest absolute Gasteiger partial charge is 0.505 e. The molecule has 1 amide bonds. The third-order valence-corrected chi connectivity index (χ3v) is 3.25. The topological polar surface area (TPSA) is 58.6 Å². The molecule has 2 rings (SSSR count). The van der Waals surface area contributed by atoms with Crippen LogP contribution in [0.3, 0.4) is 0 Å². The summed E-state index contributed by atoms with van der Waals surface area (Å²) in [4.78, 5) is 11.5. The molecule has 0 saturated heterocycles. The maximum atomic E-state index is 13.1. The van der Waals surface area contributed by atoms with E-state index in [0.717, 1.165) is 12.8 Å². The van der Waals surface area contributed by atoms with E-state index in [1.807, 2.05) is 0 Å². The van der Waals surface area contributed by atoms with Crippen LogP contribution in [0.4, 0.5) is 4.39 Å². The lowest BCUT2D eigenvalue weighted by Crippen LogP contribution is -2.28. The van der Waals surface area contributed by atoms with Gasteiger partial charge in [-0.15, -0.1) is 0 Å². The average molecular weight is 267 g/mol. The number of phenolic OH excluding ortho intramolecular Hbond substituents is 1. The van der Waals surface area contributed by atoms with E-state index in [4.69, 9.17) is 9.84 Å². The molecular formula is C14H18FNO3. The molecule has 2 N–H and O–H groups in total. The number of amides is 1. The first kappa shape index (κ1) is 13.8. The fraction of sp³-hybridized carbons (Fsp3) is 0.500. The molecule has 0 heterocycles. The number of hydrogen-bond donors (Lipinski definition) is 2. The van der Waals surface area contributed by atoms with E-state index in [9.17, 15) is 9.18 Å². The van der Waals surface area contributed by atoms with Crippen molar-refractivity contribution in [1.82, 2.24) is 5.32 Å². The van der Waals surface area contributed by atoms with Gasteiger partial charge in [0.1, 0.15) is 6.61 Å². The molecule has 1 saturated carbocycles. The van der Waals surface area contributed by atoms with E-state index in [2.05, 4.69) is 5.32 Å². The quantitative estimate of drug-likeness (QED) is 0.859. The molecule has 1 aliphatic rings. The Morgan fingerprint density at radius 2 is 2.16 bits per heavy atom. The summed E-state index contributed by atoms with van der Waals surface area (Å²) in [5.41, 5.74) is 0.601. The molecule has 0 radical (unpaired) electrons. The molecule has 1 aromatic rings. The van der Waals surface area contributed by atoms with E-state index in [0.29, 0.717) is 5.56 Å². The van der Waals surface area contributed by atoms with Gasteiger partial charge in [-0.25, -0.2) is 4.39 Å². The highest BCUT2D eigenvalue weighted by Gasteiger charge is 2.16. The molecule has 0 aromatic heterocycles. The summed E-state index contributed by atoms with van der Waals surface area (Å²) in [6, 6.07) is 4.04. The Morgan fingerprint density at radius 1 is 1.42 bits per heavy atom. The highest BCUT2D eigenvalue weighted by molar-refractivity contribution is 5.77. The van der Waals surface area contributed by atoms with E-state index < -0.39 is 5.82 Å². The van der Waals surface area contributed by atoms with Crippen LogP contribution in [-0.4, -0.2) is 23.7 Å². The number of benzene rings is 1. The van der Waals surface area contributed by atoms with Gasteiger partial charge in [0.15, 0.2) is 11.6 Å². The molecular weight excluding hydrogens is 249 g/mol. The predicted octanol–water partition coefficient (Wildman–Crippen LogP) is 2.11. The van der Waals surface area contributed by atoms with Gasteiger partial charge in [0.05, 0.1) is 6.10 Å². The second kappa shape index (κ2) is 6.52. The van der Waals surface area contributed by atoms with Crippen LogP contribution in [-0.2, 0) is 16.1 Å². The van der Waals surface area contributed by atoms with E-state index in [1.165, 1.54) is 25.0 Å². The number of nitrogens with one attached hydrogen (secondary N) is 1. The SMILES string of the molecule is O=C(COC1CCCC1)NCc1ccc(O)c(F)c1. The lowest BCUT2D eigenvalue weighted by molar-refractivity contribution is -0.127. The van der Waals surface area contributed by atoms with Crippen LogP contribution in [0.15, 0.2) is 18.2 Å². The van der Waals surface area contributed by atoms with Crippen molar-refractivity contribution in [2.24, 2.45) is 0 Å². The molecule has 0 atom stereocenters. The minimum Gasteiger partial charge on any atom is -0.505 e. The summed E-state index contributed by atoms with van der Waals surface area (Å²) in [5.74, 6) is -1.28. The minimum atomic E-state index is -0.686. The third kappa shape index (κ3) is 4.21. The standard InChI is InChI=1S/C14H18FNO3/c15-12-7-10(5-6-13(12)17)8-16-14(18)9-19-11-3-1-2-4-11/h5-7,11,17H,1-4,8-9H2,(H,16,18). The number of carbonyl (C=O) groups is 1. The van der Waals surface area contributed by atoms with Crippen LogP contribution < -0.4 is 5.32 Å². The monoisotopic (exact) mass is 267 g/mol. The Hall–Kier alpha value is -1.62. The summed E-state index contributed by atoms with van der Waals surface area (Å²) in [5, 5.41) is 11.7. The van der Waals surface area contributed by atoms with Gasteiger partial charge < -0.3 is 15.2 Å². The summed E-state index contributed by atoms with van der Waals surface area (Å²) in [6.45, 7) is 0.273. The summed E-state index contributed by atoms with van der Waals surface area (Å²) in [7, 11) is 0. The molecule has 0 unspecified atom stereocenters. The molecule has 0 spiro atoms. The molecule has 1 aromatic carbocycles. The van der Waals surface area contributed by atoms with Crippen molar-refractivity contribution in [3.05, 3.63) is 29.6 Å². The lowest BCUT2D eigenvalue weighted by Gasteiger charge is -2.11. The summed E-state index contributed by atoms with van der Waals surface area (Å²) >= 11 is 0. The van der Waals surface area contributed by atoms with Gasteiger partial charge in [-0.3, -0.25) is 4.79 Å². The van der Waals surface area contributed by atoms with Crippen molar-refractivity contribution in [2.45, 2.75) is 38.3 Å². The lowest BCUT2D eigenvalue weighted by atomic mass is 10.2. The number of rotatable bonds is 5. The van der Waals surface area contributed by atoms with E-state index in [1.54, 1.807) is 6.07 Å². The van der Waals surface area contributed by atoms with Gasteiger partial charge in [0.25, 0.3) is 0 Å². The molecule has 1 aliphatic carbocycles. The normalized spacial score (nSPS) is 15.6.